The molecular formula is C12H13FN2S. The number of nitrogens with zero attached hydrogens (tertiary/aromatic N) is 1. The summed E-state index contributed by atoms with van der Waals surface area (Å²) in [5.74, 6) is -0.211. The molecule has 0 aliphatic carbocycles. The van der Waals surface area contributed by atoms with E-state index in [1.807, 2.05) is 6.20 Å². The number of nitrogens with two attached hydrogens (primary N) is 1. The fourth-order valence-corrected chi connectivity index (χ4v) is 2.39. The normalized spacial score (nSPS) is 10.6. The first-order chi connectivity index (χ1) is 7.79. The maximum Gasteiger partial charge on any atom is 0.123 e. The van der Waals surface area contributed by atoms with Gasteiger partial charge in [-0.15, -0.1) is 11.3 Å². The van der Waals surface area contributed by atoms with Crippen LogP contribution in [-0.4, -0.2) is 11.5 Å². The lowest BCUT2D eigenvalue weighted by atomic mass is 10.2. The molecule has 0 amide bonds. The minimum absolute atomic E-state index is 0.211. The number of hydrogen-bond acceptors (Lipinski definition) is 3. The molecule has 0 atom stereocenters. The van der Waals surface area contributed by atoms with Crippen molar-refractivity contribution in [2.45, 2.75) is 12.8 Å². The quantitative estimate of drug-likeness (QED) is 0.886. The average molecular weight is 236 g/mol. The summed E-state index contributed by atoms with van der Waals surface area (Å²) in [7, 11) is 0. The molecule has 1 aromatic heterocycles. The van der Waals surface area contributed by atoms with Gasteiger partial charge in [-0.1, -0.05) is 12.1 Å². The van der Waals surface area contributed by atoms with Crippen molar-refractivity contribution in [2.75, 3.05) is 6.54 Å². The minimum atomic E-state index is -0.211. The topological polar surface area (TPSA) is 38.9 Å². The maximum atomic E-state index is 12.7. The summed E-state index contributed by atoms with van der Waals surface area (Å²) in [5.41, 5.74) is 6.46. The van der Waals surface area contributed by atoms with E-state index in [0.717, 1.165) is 28.3 Å². The minimum Gasteiger partial charge on any atom is -0.330 e. The molecule has 0 saturated heterocycles. The van der Waals surface area contributed by atoms with E-state index in [2.05, 4.69) is 4.98 Å². The van der Waals surface area contributed by atoms with Crippen molar-refractivity contribution >= 4 is 11.3 Å². The first-order valence-electron chi connectivity index (χ1n) is 5.20. The second-order valence-electron chi connectivity index (χ2n) is 3.52. The number of rotatable bonds is 4. The van der Waals surface area contributed by atoms with Crippen LogP contribution in [0.2, 0.25) is 0 Å². The Labute approximate surface area is 97.9 Å². The highest BCUT2D eigenvalue weighted by Gasteiger charge is 2.04. The SMILES string of the molecule is NCCCc1ncc(-c2ccc(F)cc2)s1. The molecule has 2 aromatic rings. The molecule has 4 heteroatoms. The van der Waals surface area contributed by atoms with Gasteiger partial charge in [-0.05, 0) is 30.7 Å². The van der Waals surface area contributed by atoms with Crippen LogP contribution >= 0.6 is 11.3 Å². The van der Waals surface area contributed by atoms with Crippen molar-refractivity contribution in [2.24, 2.45) is 5.73 Å². The smallest absolute Gasteiger partial charge is 0.123 e. The van der Waals surface area contributed by atoms with Gasteiger partial charge in [-0.25, -0.2) is 9.37 Å². The van der Waals surface area contributed by atoms with E-state index in [-0.39, 0.29) is 5.82 Å². The van der Waals surface area contributed by atoms with E-state index < -0.39 is 0 Å². The van der Waals surface area contributed by atoms with Crippen LogP contribution in [0.15, 0.2) is 30.5 Å². The maximum absolute atomic E-state index is 12.7. The van der Waals surface area contributed by atoms with Crippen LogP contribution in [0.25, 0.3) is 10.4 Å². The summed E-state index contributed by atoms with van der Waals surface area (Å²) in [4.78, 5) is 5.40. The predicted molar refractivity (Wildman–Crippen MR) is 64.9 cm³/mol. The Morgan fingerprint density at radius 2 is 2.00 bits per heavy atom. The van der Waals surface area contributed by atoms with Gasteiger partial charge in [0.1, 0.15) is 5.82 Å². The lowest BCUT2D eigenvalue weighted by molar-refractivity contribution is 0.628. The molecule has 1 heterocycles. The number of aryl methyl sites for hydroxylation is 1. The third kappa shape index (κ3) is 2.65. The van der Waals surface area contributed by atoms with Gasteiger partial charge in [0.15, 0.2) is 0 Å². The third-order valence-corrected chi connectivity index (χ3v) is 3.38. The Hall–Kier alpha value is -1.26. The summed E-state index contributed by atoms with van der Waals surface area (Å²) >= 11 is 1.64. The zero-order valence-electron chi connectivity index (χ0n) is 8.82. The van der Waals surface area contributed by atoms with Crippen LogP contribution in [0, 0.1) is 5.82 Å². The molecule has 0 radical (unpaired) electrons. The molecule has 2 rings (SSSR count). The van der Waals surface area contributed by atoms with Gasteiger partial charge in [0.05, 0.1) is 9.88 Å². The Bertz CT molecular complexity index is 450. The predicted octanol–water partition coefficient (Wildman–Crippen LogP) is 2.84. The van der Waals surface area contributed by atoms with Crippen LogP contribution < -0.4 is 5.73 Å². The largest absolute Gasteiger partial charge is 0.330 e. The van der Waals surface area contributed by atoms with Gasteiger partial charge in [0.2, 0.25) is 0 Å². The van der Waals surface area contributed by atoms with Gasteiger partial charge < -0.3 is 5.73 Å². The molecule has 0 unspecified atom stereocenters. The number of aromatic nitrogens is 1. The number of halogens is 1. The molecule has 0 saturated carbocycles. The van der Waals surface area contributed by atoms with Gasteiger partial charge >= 0.3 is 0 Å². The van der Waals surface area contributed by atoms with E-state index in [4.69, 9.17) is 5.73 Å². The van der Waals surface area contributed by atoms with Crippen molar-refractivity contribution < 1.29 is 4.39 Å². The van der Waals surface area contributed by atoms with Crippen molar-refractivity contribution in [3.8, 4) is 10.4 Å². The van der Waals surface area contributed by atoms with Gasteiger partial charge in [0.25, 0.3) is 0 Å². The lowest BCUT2D eigenvalue weighted by Crippen LogP contribution is -1.99. The fourth-order valence-electron chi connectivity index (χ4n) is 1.43. The lowest BCUT2D eigenvalue weighted by Gasteiger charge is -1.95. The third-order valence-electron chi connectivity index (χ3n) is 2.28. The van der Waals surface area contributed by atoms with Crippen LogP contribution in [0.4, 0.5) is 4.39 Å². The molecule has 84 valence electrons. The molecular weight excluding hydrogens is 223 g/mol. The van der Waals surface area contributed by atoms with Crippen molar-refractivity contribution in [3.63, 3.8) is 0 Å². The van der Waals surface area contributed by atoms with Crippen molar-refractivity contribution in [3.05, 3.63) is 41.3 Å². The summed E-state index contributed by atoms with van der Waals surface area (Å²) in [6.45, 7) is 0.686. The standard InChI is InChI=1S/C12H13FN2S/c13-10-5-3-9(4-6-10)11-8-15-12(16-11)2-1-7-14/h3-6,8H,1-2,7,14H2. The van der Waals surface area contributed by atoms with Gasteiger partial charge in [-0.2, -0.15) is 0 Å². The van der Waals surface area contributed by atoms with E-state index in [9.17, 15) is 4.39 Å². The number of hydrogen-bond donors (Lipinski definition) is 1. The Kier molecular flexibility index (Phi) is 3.64. The molecule has 0 aliphatic heterocycles. The Balaban J connectivity index is 2.15. The molecule has 16 heavy (non-hydrogen) atoms. The van der Waals surface area contributed by atoms with Crippen LogP contribution in [0.5, 0.6) is 0 Å². The second-order valence-corrected chi connectivity index (χ2v) is 4.63. The van der Waals surface area contributed by atoms with E-state index in [1.54, 1.807) is 23.5 Å². The molecule has 0 spiro atoms. The molecule has 0 bridgehead atoms. The van der Waals surface area contributed by atoms with Crippen LogP contribution in [0.3, 0.4) is 0 Å². The van der Waals surface area contributed by atoms with Gasteiger partial charge in [0, 0.05) is 12.6 Å². The highest BCUT2D eigenvalue weighted by molar-refractivity contribution is 7.15. The van der Waals surface area contributed by atoms with E-state index in [1.165, 1.54) is 12.1 Å². The first-order valence-corrected chi connectivity index (χ1v) is 6.02. The zero-order valence-corrected chi connectivity index (χ0v) is 9.64. The summed E-state index contributed by atoms with van der Waals surface area (Å²) in [6.07, 6.45) is 3.71. The molecule has 1 aromatic carbocycles. The Morgan fingerprint density at radius 3 is 2.69 bits per heavy atom. The number of benzene rings is 1. The van der Waals surface area contributed by atoms with Gasteiger partial charge in [-0.3, -0.25) is 0 Å². The molecule has 2 N–H and O–H groups in total. The monoisotopic (exact) mass is 236 g/mol. The summed E-state index contributed by atoms with van der Waals surface area (Å²) in [6, 6.07) is 6.48. The molecule has 2 nitrogen and oxygen atoms in total. The second kappa shape index (κ2) is 5.18. The molecule has 0 fully saturated rings. The first kappa shape index (κ1) is 11.2. The van der Waals surface area contributed by atoms with E-state index in [0.29, 0.717) is 6.54 Å². The highest BCUT2D eigenvalue weighted by Crippen LogP contribution is 2.26. The van der Waals surface area contributed by atoms with Crippen LogP contribution in [0.1, 0.15) is 11.4 Å². The van der Waals surface area contributed by atoms with E-state index >= 15 is 0 Å². The summed E-state index contributed by atoms with van der Waals surface area (Å²) < 4.78 is 12.7. The average Bonchev–Trinajstić information content (AvgIpc) is 2.76. The van der Waals surface area contributed by atoms with Crippen molar-refractivity contribution in [1.82, 2.24) is 4.98 Å². The van der Waals surface area contributed by atoms with Crippen LogP contribution in [-0.2, 0) is 6.42 Å². The molecule has 0 aliphatic rings. The fraction of sp³-hybridized carbons (Fsp3) is 0.250. The highest BCUT2D eigenvalue weighted by atomic mass is 32.1. The Morgan fingerprint density at radius 1 is 1.25 bits per heavy atom. The zero-order chi connectivity index (χ0) is 11.4. The number of thiazole rings is 1. The summed E-state index contributed by atoms with van der Waals surface area (Å²) in [5, 5.41) is 1.09. The van der Waals surface area contributed by atoms with Crippen molar-refractivity contribution in [1.29, 1.82) is 0 Å².